The van der Waals surface area contributed by atoms with Gasteiger partial charge in [-0.2, -0.15) is 10.3 Å². The van der Waals surface area contributed by atoms with E-state index in [9.17, 15) is 34.3 Å². The number of halogens is 5. The molecule has 0 spiro atoms. The van der Waals surface area contributed by atoms with Gasteiger partial charge in [0, 0.05) is 17.7 Å². The largest absolute Gasteiger partial charge is 0.377 e. The molecule has 1 aromatic heterocycles. The van der Waals surface area contributed by atoms with Crippen LogP contribution in [0.25, 0.3) is 17.1 Å². The highest BCUT2D eigenvalue weighted by atomic mass is 32.5. The Kier molecular flexibility index (Phi) is 8.17. The van der Waals surface area contributed by atoms with Gasteiger partial charge in [0.2, 0.25) is 5.91 Å². The van der Waals surface area contributed by atoms with E-state index >= 15 is 0 Å². The molecule has 10 nitrogen and oxygen atoms in total. The summed E-state index contributed by atoms with van der Waals surface area (Å²) in [5, 5.41) is 16.6. The van der Waals surface area contributed by atoms with Crippen LogP contribution in [0.15, 0.2) is 76.9 Å². The Balaban J connectivity index is 1.35. The van der Waals surface area contributed by atoms with Gasteiger partial charge in [-0.3, -0.25) is 9.69 Å². The molecule has 0 atom stereocenters. The summed E-state index contributed by atoms with van der Waals surface area (Å²) in [6.45, 7) is 4.46. The Morgan fingerprint density at radius 1 is 1.11 bits per heavy atom. The number of aryl methyl sites for hydroxylation is 1. The Morgan fingerprint density at radius 2 is 1.85 bits per heavy atom. The number of ether oxygens (including phenoxy) is 1. The Labute approximate surface area is 263 Å². The van der Waals surface area contributed by atoms with Crippen molar-refractivity contribution in [3.8, 4) is 23.1 Å². The summed E-state index contributed by atoms with van der Waals surface area (Å²) in [7, 11) is -9.82. The second-order valence-corrected chi connectivity index (χ2v) is 13.3. The Bertz CT molecular complexity index is 1930. The average Bonchev–Trinajstić information content (AvgIpc) is 3.62. The minimum atomic E-state index is -9.82. The lowest BCUT2D eigenvalue weighted by Gasteiger charge is -2.40. The lowest BCUT2D eigenvalue weighted by molar-refractivity contribution is -0.115. The van der Waals surface area contributed by atoms with Crippen molar-refractivity contribution in [2.24, 2.45) is 4.99 Å². The molecule has 1 aliphatic heterocycles. The monoisotopic (exact) mass is 677 g/mol. The first-order valence-corrected chi connectivity index (χ1v) is 16.3. The molecule has 17 heteroatoms. The van der Waals surface area contributed by atoms with E-state index in [0.717, 1.165) is 39.7 Å². The first kappa shape index (κ1) is 32.6. The van der Waals surface area contributed by atoms with Gasteiger partial charge in [0.1, 0.15) is 17.3 Å². The molecule has 0 aliphatic carbocycles. The predicted octanol–water partition coefficient (Wildman–Crippen LogP) is 7.98. The zero-order valence-corrected chi connectivity index (χ0v) is 25.7. The molecule has 1 fully saturated rings. The standard InChI is InChI=1S/C29H24F5N7O3S2/c1-3-44-15-20-5-4-18(2)12-25(20)41-26(42)16-45-29(41)38-28(43)37-24-11-6-19(13-21(24)14-35)27-36-17-40(39-27)22-7-9-23(10-8-22)46(30,31,32,33)34/h4-13,17H,3,15-16H2,1-2H3,(H,37,43)/b38-29-. The van der Waals surface area contributed by atoms with Crippen LogP contribution in [0.1, 0.15) is 23.6 Å². The van der Waals surface area contributed by atoms with Crippen LogP contribution >= 0.6 is 22.0 Å². The van der Waals surface area contributed by atoms with Gasteiger partial charge in [0.05, 0.1) is 35.0 Å². The molecule has 1 N–H and O–H groups in total. The van der Waals surface area contributed by atoms with Crippen molar-refractivity contribution < 1.29 is 33.8 Å². The first-order chi connectivity index (χ1) is 21.6. The molecule has 1 aliphatic rings. The van der Waals surface area contributed by atoms with Gasteiger partial charge in [0.15, 0.2) is 11.0 Å². The summed E-state index contributed by atoms with van der Waals surface area (Å²) < 4.78 is 71.8. The molecule has 0 radical (unpaired) electrons. The summed E-state index contributed by atoms with van der Waals surface area (Å²) in [5.74, 6) is -0.111. The van der Waals surface area contributed by atoms with Crippen LogP contribution in [-0.2, 0) is 16.1 Å². The number of anilines is 2. The molecule has 2 heterocycles. The number of amides is 3. The number of urea groups is 1. The molecule has 4 aromatic rings. The fourth-order valence-electron chi connectivity index (χ4n) is 4.39. The topological polar surface area (TPSA) is 126 Å². The number of nitrogens with one attached hydrogen (secondary N) is 1. The summed E-state index contributed by atoms with van der Waals surface area (Å²) >= 11 is 1.09. The SMILES string of the molecule is CCOCc1ccc(C)cc1N1C(=O)CS/C1=N\C(=O)Nc1ccc(-c2ncn(-c3ccc(S(F)(F)(F)(F)F)cc3)n2)cc1C#N. The molecule has 0 saturated carbocycles. The average molecular weight is 678 g/mol. The molecule has 1 saturated heterocycles. The van der Waals surface area contributed by atoms with Crippen molar-refractivity contribution in [1.82, 2.24) is 14.8 Å². The Morgan fingerprint density at radius 3 is 2.52 bits per heavy atom. The van der Waals surface area contributed by atoms with Gasteiger partial charge in [-0.15, -0.1) is 5.10 Å². The summed E-state index contributed by atoms with van der Waals surface area (Å²) in [6, 6.07) is 13.2. The van der Waals surface area contributed by atoms with E-state index in [4.69, 9.17) is 4.74 Å². The van der Waals surface area contributed by atoms with Crippen LogP contribution in [0.4, 0.5) is 35.6 Å². The fourth-order valence-corrected chi connectivity index (χ4v) is 5.90. The highest BCUT2D eigenvalue weighted by Crippen LogP contribution is 3.02. The van der Waals surface area contributed by atoms with Crippen LogP contribution in [0.2, 0.25) is 0 Å². The maximum absolute atomic E-state index is 13.0. The lowest BCUT2D eigenvalue weighted by atomic mass is 10.1. The van der Waals surface area contributed by atoms with Crippen LogP contribution in [0, 0.1) is 18.3 Å². The number of aromatic nitrogens is 3. The molecule has 0 bridgehead atoms. The van der Waals surface area contributed by atoms with Crippen LogP contribution < -0.4 is 10.2 Å². The smallest absolute Gasteiger partial charge is 0.347 e. The quantitative estimate of drug-likeness (QED) is 0.188. The van der Waals surface area contributed by atoms with Crippen molar-refractivity contribution >= 4 is 50.5 Å². The van der Waals surface area contributed by atoms with Crippen LogP contribution in [0.5, 0.6) is 0 Å². The lowest BCUT2D eigenvalue weighted by Crippen LogP contribution is -2.31. The van der Waals surface area contributed by atoms with E-state index in [-0.39, 0.29) is 58.3 Å². The van der Waals surface area contributed by atoms with Gasteiger partial charge >= 0.3 is 16.3 Å². The summed E-state index contributed by atoms with van der Waals surface area (Å²) in [4.78, 5) is 33.3. The molecule has 240 valence electrons. The van der Waals surface area contributed by atoms with Gasteiger partial charge in [0.25, 0.3) is 0 Å². The number of aliphatic imine (C=N–C) groups is 1. The van der Waals surface area contributed by atoms with Crippen molar-refractivity contribution in [2.45, 2.75) is 25.3 Å². The van der Waals surface area contributed by atoms with E-state index < -0.39 is 21.2 Å². The first-order valence-electron chi connectivity index (χ1n) is 13.4. The second-order valence-electron chi connectivity index (χ2n) is 9.96. The Hall–Kier alpha value is -4.79. The number of nitrogens with zero attached hydrogens (tertiary/aromatic N) is 6. The maximum Gasteiger partial charge on any atom is 0.347 e. The van der Waals surface area contributed by atoms with Gasteiger partial charge < -0.3 is 10.1 Å². The summed E-state index contributed by atoms with van der Waals surface area (Å²) in [6.07, 6.45) is 1.17. The highest BCUT2D eigenvalue weighted by Gasteiger charge is 2.65. The number of amidine groups is 1. The van der Waals surface area contributed by atoms with Gasteiger partial charge in [-0.05, 0) is 67.9 Å². The second kappa shape index (κ2) is 11.5. The zero-order chi connectivity index (χ0) is 33.3. The third-order valence-electron chi connectivity index (χ3n) is 6.58. The number of carbonyl (C=O) groups is 2. The van der Waals surface area contributed by atoms with Gasteiger partial charge in [-0.1, -0.05) is 43.3 Å². The normalized spacial score (nSPS) is 15.8. The minimum Gasteiger partial charge on any atom is -0.377 e. The highest BCUT2D eigenvalue weighted by molar-refractivity contribution is 8.45. The number of nitriles is 1. The van der Waals surface area contributed by atoms with E-state index in [0.29, 0.717) is 17.9 Å². The van der Waals surface area contributed by atoms with Crippen molar-refractivity contribution in [3.05, 3.63) is 83.7 Å². The van der Waals surface area contributed by atoms with Crippen LogP contribution in [-0.4, -0.2) is 44.2 Å². The molecule has 3 amide bonds. The van der Waals surface area contributed by atoms with Crippen molar-refractivity contribution in [2.75, 3.05) is 22.6 Å². The maximum atomic E-state index is 13.0. The summed E-state index contributed by atoms with van der Waals surface area (Å²) in [5.41, 5.74) is 2.70. The third-order valence-corrected chi connectivity index (χ3v) is 8.67. The number of rotatable bonds is 8. The van der Waals surface area contributed by atoms with Gasteiger partial charge in [-0.25, -0.2) is 14.5 Å². The van der Waals surface area contributed by atoms with E-state index in [1.54, 1.807) is 0 Å². The fraction of sp³-hybridized carbons (Fsp3) is 0.172. The van der Waals surface area contributed by atoms with Crippen molar-refractivity contribution in [1.29, 1.82) is 5.26 Å². The molecule has 46 heavy (non-hydrogen) atoms. The molecule has 5 rings (SSSR count). The molecule has 3 aromatic carbocycles. The minimum absolute atomic E-state index is 0.0207. The zero-order valence-electron chi connectivity index (χ0n) is 24.1. The van der Waals surface area contributed by atoms with Crippen molar-refractivity contribution in [3.63, 3.8) is 0 Å². The number of benzene rings is 3. The van der Waals surface area contributed by atoms with E-state index in [1.165, 1.54) is 29.4 Å². The number of hydrogen-bond donors (Lipinski definition) is 1. The van der Waals surface area contributed by atoms with E-state index in [2.05, 4.69) is 20.4 Å². The van der Waals surface area contributed by atoms with Crippen LogP contribution in [0.3, 0.4) is 0 Å². The van der Waals surface area contributed by atoms with E-state index in [1.807, 2.05) is 38.1 Å². The predicted molar refractivity (Wildman–Crippen MR) is 166 cm³/mol. The molecular weight excluding hydrogens is 653 g/mol. The number of thioether (sulfide) groups is 1. The third kappa shape index (κ3) is 7.19. The molecule has 0 unspecified atom stereocenters. The number of hydrogen-bond acceptors (Lipinski definition) is 7. The molecular formula is C29H24F5N7O3S2. The number of carbonyl (C=O) groups excluding carboxylic acids is 2.